The molecular formula is C27H28F2N8O2S. The van der Waals surface area contributed by atoms with Crippen LogP contribution in [0.1, 0.15) is 38.3 Å². The zero-order valence-corrected chi connectivity index (χ0v) is 23.3. The Morgan fingerprint density at radius 3 is 2.55 bits per heavy atom. The molecule has 1 fully saturated rings. The fraction of sp³-hybridized carbons (Fsp3) is 0.370. The van der Waals surface area contributed by atoms with Crippen molar-refractivity contribution in [1.29, 1.82) is 5.26 Å². The van der Waals surface area contributed by atoms with E-state index in [0.29, 0.717) is 54.6 Å². The summed E-state index contributed by atoms with van der Waals surface area (Å²) in [5.74, 6) is -1.24. The Kier molecular flexibility index (Phi) is 7.29. The minimum Gasteiger partial charge on any atom is -0.444 e. The number of anilines is 3. The largest absolute Gasteiger partial charge is 0.444 e. The molecule has 13 heteroatoms. The number of carbonyl (C=O) groups is 1. The van der Waals surface area contributed by atoms with Crippen molar-refractivity contribution in [2.24, 2.45) is 0 Å². The van der Waals surface area contributed by atoms with Gasteiger partial charge in [0.2, 0.25) is 0 Å². The number of aromatic nitrogens is 4. The van der Waals surface area contributed by atoms with Crippen molar-refractivity contribution < 1.29 is 18.3 Å². The van der Waals surface area contributed by atoms with Crippen molar-refractivity contribution in [3.63, 3.8) is 0 Å². The Morgan fingerprint density at radius 2 is 1.90 bits per heavy atom. The number of nitriles is 1. The monoisotopic (exact) mass is 566 g/mol. The molecule has 5 rings (SSSR count). The molecule has 4 aromatic rings. The van der Waals surface area contributed by atoms with Gasteiger partial charge in [-0.2, -0.15) is 10.4 Å². The third kappa shape index (κ3) is 5.53. The van der Waals surface area contributed by atoms with Crippen LogP contribution in [0.15, 0.2) is 30.5 Å². The zero-order chi connectivity index (χ0) is 28.6. The predicted octanol–water partition coefficient (Wildman–Crippen LogP) is 5.37. The second kappa shape index (κ2) is 10.7. The Balaban J connectivity index is 1.40. The number of benzene rings is 1. The molecule has 0 aliphatic carbocycles. The van der Waals surface area contributed by atoms with E-state index in [1.807, 2.05) is 40.0 Å². The fourth-order valence-corrected chi connectivity index (χ4v) is 5.15. The lowest BCUT2D eigenvalue weighted by Gasteiger charge is -2.36. The summed E-state index contributed by atoms with van der Waals surface area (Å²) in [5, 5.41) is 18.0. The topological polar surface area (TPSA) is 112 Å². The molecule has 0 saturated carbocycles. The van der Waals surface area contributed by atoms with Crippen LogP contribution in [-0.4, -0.2) is 62.4 Å². The maximum Gasteiger partial charge on any atom is 0.410 e. The van der Waals surface area contributed by atoms with E-state index in [2.05, 4.69) is 26.4 Å². The van der Waals surface area contributed by atoms with Gasteiger partial charge in [-0.1, -0.05) is 18.3 Å². The van der Waals surface area contributed by atoms with E-state index in [0.717, 1.165) is 35.0 Å². The average Bonchev–Trinajstić information content (AvgIpc) is 3.50. The highest BCUT2D eigenvalue weighted by Gasteiger charge is 2.27. The number of carbonyl (C=O) groups excluding carboxylic acids is 1. The number of rotatable bonds is 5. The first kappa shape index (κ1) is 27.3. The van der Waals surface area contributed by atoms with Gasteiger partial charge >= 0.3 is 6.09 Å². The van der Waals surface area contributed by atoms with Gasteiger partial charge in [-0.15, -0.1) is 0 Å². The highest BCUT2D eigenvalue weighted by atomic mass is 32.1. The number of nitrogens with one attached hydrogen (secondary N) is 1. The minimum absolute atomic E-state index is 0.263. The molecular weight excluding hydrogens is 538 g/mol. The second-order valence-corrected chi connectivity index (χ2v) is 11.2. The van der Waals surface area contributed by atoms with Crippen LogP contribution in [-0.2, 0) is 11.2 Å². The first-order valence-electron chi connectivity index (χ1n) is 12.8. The molecule has 208 valence electrons. The number of amides is 1. The minimum atomic E-state index is -1.01. The van der Waals surface area contributed by atoms with Crippen LogP contribution < -0.4 is 10.2 Å². The Morgan fingerprint density at radius 1 is 1.15 bits per heavy atom. The third-order valence-electron chi connectivity index (χ3n) is 6.29. The highest BCUT2D eigenvalue weighted by Crippen LogP contribution is 2.35. The van der Waals surface area contributed by atoms with Gasteiger partial charge in [0.05, 0.1) is 5.69 Å². The smallest absolute Gasteiger partial charge is 0.410 e. The maximum absolute atomic E-state index is 13.9. The van der Waals surface area contributed by atoms with E-state index in [-0.39, 0.29) is 16.7 Å². The molecule has 1 aliphatic heterocycles. The Hall–Kier alpha value is -4.31. The van der Waals surface area contributed by atoms with Crippen molar-refractivity contribution in [1.82, 2.24) is 24.5 Å². The number of ether oxygens (including phenoxy) is 1. The number of hydrogen-bond donors (Lipinski definition) is 1. The molecule has 0 atom stereocenters. The summed E-state index contributed by atoms with van der Waals surface area (Å²) in [6.45, 7) is 9.71. The summed E-state index contributed by atoms with van der Waals surface area (Å²) in [7, 11) is 0. The number of piperazine rings is 1. The molecule has 1 aliphatic rings. The summed E-state index contributed by atoms with van der Waals surface area (Å²) < 4.78 is 34.5. The zero-order valence-electron chi connectivity index (χ0n) is 22.5. The summed E-state index contributed by atoms with van der Waals surface area (Å²) in [5.41, 5.74) is 1.99. The van der Waals surface area contributed by atoms with Gasteiger partial charge in [0, 0.05) is 37.9 Å². The highest BCUT2D eigenvalue weighted by molar-refractivity contribution is 7.16. The lowest BCUT2D eigenvalue weighted by Crippen LogP contribution is -2.50. The number of thiazole rings is 1. The van der Waals surface area contributed by atoms with Gasteiger partial charge in [0.1, 0.15) is 33.7 Å². The molecule has 40 heavy (non-hydrogen) atoms. The van der Waals surface area contributed by atoms with Gasteiger partial charge in [-0.3, -0.25) is 0 Å². The Bertz CT molecular complexity index is 1610. The first-order valence-corrected chi connectivity index (χ1v) is 13.6. The number of halogens is 2. The van der Waals surface area contributed by atoms with Gasteiger partial charge in [-0.05, 0) is 51.5 Å². The van der Waals surface area contributed by atoms with Crippen LogP contribution in [0.2, 0.25) is 0 Å². The van der Waals surface area contributed by atoms with Crippen molar-refractivity contribution in [3.8, 4) is 17.3 Å². The average molecular weight is 567 g/mol. The van der Waals surface area contributed by atoms with E-state index >= 15 is 0 Å². The van der Waals surface area contributed by atoms with Gasteiger partial charge in [-0.25, -0.2) is 28.1 Å². The summed E-state index contributed by atoms with van der Waals surface area (Å²) >= 11 is 1.11. The molecule has 0 radical (unpaired) electrons. The number of aryl methyl sites for hydroxylation is 1. The standard InChI is InChI=1S/C27H28F2N8O2S/c1-5-19-23(33-25-32-22(20(15-30)40-25)16-6-7-17(28)18(29)14-16)24-31-21(8-9-37(24)34-19)35-10-12-36(13-11-35)26(38)39-27(2,3)4/h6-9,14H,5,10-13H2,1-4H3,(H,32,33). The second-order valence-electron chi connectivity index (χ2n) is 10.2. The molecule has 3 aromatic heterocycles. The molecule has 4 heterocycles. The maximum atomic E-state index is 13.9. The van der Waals surface area contributed by atoms with Crippen LogP contribution >= 0.6 is 11.3 Å². The van der Waals surface area contributed by atoms with Crippen molar-refractivity contribution in [3.05, 3.63) is 52.7 Å². The molecule has 10 nitrogen and oxygen atoms in total. The molecule has 1 N–H and O–H groups in total. The van der Waals surface area contributed by atoms with Gasteiger partial charge in [0.15, 0.2) is 22.4 Å². The van der Waals surface area contributed by atoms with Crippen molar-refractivity contribution >= 4 is 39.7 Å². The van der Waals surface area contributed by atoms with Crippen LogP contribution in [0, 0.1) is 23.0 Å². The summed E-state index contributed by atoms with van der Waals surface area (Å²) in [4.78, 5) is 25.9. The SMILES string of the molecule is CCc1nn2ccc(N3CCN(C(=O)OC(C)(C)C)CC3)nc2c1Nc1nc(-c2ccc(F)c(F)c2)c(C#N)s1. The lowest BCUT2D eigenvalue weighted by molar-refractivity contribution is 0.0240. The van der Waals surface area contributed by atoms with Crippen LogP contribution in [0.25, 0.3) is 16.9 Å². The Labute approximate surface area is 233 Å². The molecule has 0 spiro atoms. The van der Waals surface area contributed by atoms with Gasteiger partial charge in [0.25, 0.3) is 0 Å². The van der Waals surface area contributed by atoms with Crippen molar-refractivity contribution in [2.45, 2.75) is 39.7 Å². The molecule has 1 aromatic carbocycles. The fourth-order valence-electron chi connectivity index (χ4n) is 4.36. The first-order chi connectivity index (χ1) is 19.1. The van der Waals surface area contributed by atoms with E-state index in [9.17, 15) is 18.8 Å². The van der Waals surface area contributed by atoms with E-state index in [1.54, 1.807) is 9.42 Å². The van der Waals surface area contributed by atoms with Crippen LogP contribution in [0.5, 0.6) is 0 Å². The predicted molar refractivity (Wildman–Crippen MR) is 148 cm³/mol. The molecule has 1 amide bonds. The number of nitrogens with zero attached hydrogens (tertiary/aromatic N) is 7. The summed E-state index contributed by atoms with van der Waals surface area (Å²) in [6, 6.07) is 7.40. The normalized spacial score (nSPS) is 13.9. The van der Waals surface area contributed by atoms with Gasteiger partial charge < -0.3 is 19.9 Å². The van der Waals surface area contributed by atoms with E-state index in [1.165, 1.54) is 6.07 Å². The molecule has 0 unspecified atom stereocenters. The number of hydrogen-bond acceptors (Lipinski definition) is 9. The van der Waals surface area contributed by atoms with E-state index in [4.69, 9.17) is 9.72 Å². The van der Waals surface area contributed by atoms with E-state index < -0.39 is 17.2 Å². The summed E-state index contributed by atoms with van der Waals surface area (Å²) in [6.07, 6.45) is 2.12. The molecule has 1 saturated heterocycles. The lowest BCUT2D eigenvalue weighted by atomic mass is 10.1. The van der Waals surface area contributed by atoms with Crippen LogP contribution in [0.4, 0.5) is 30.2 Å². The quantitative estimate of drug-likeness (QED) is 0.343. The number of fused-ring (bicyclic) bond motifs is 1. The van der Waals surface area contributed by atoms with Crippen LogP contribution in [0.3, 0.4) is 0 Å². The third-order valence-corrected chi connectivity index (χ3v) is 7.16. The van der Waals surface area contributed by atoms with Crippen molar-refractivity contribution in [2.75, 3.05) is 36.4 Å². The molecule has 0 bridgehead atoms.